The van der Waals surface area contributed by atoms with Gasteiger partial charge in [-0.25, -0.2) is 0 Å². The lowest BCUT2D eigenvalue weighted by molar-refractivity contribution is -0.143. The zero-order chi connectivity index (χ0) is 17.3. The van der Waals surface area contributed by atoms with Gasteiger partial charge in [0.15, 0.2) is 0 Å². The molecule has 1 aromatic carbocycles. The van der Waals surface area contributed by atoms with Gasteiger partial charge in [-0.15, -0.1) is 0 Å². The van der Waals surface area contributed by atoms with Crippen LogP contribution in [0, 0.1) is 0 Å². The minimum atomic E-state index is -0.352. The van der Waals surface area contributed by atoms with Gasteiger partial charge in [0.2, 0.25) is 5.88 Å². The maximum absolute atomic E-state index is 11.6. The Hall–Kier alpha value is -2.19. The molecule has 0 aliphatic rings. The lowest BCUT2D eigenvalue weighted by atomic mass is 10.0. The Morgan fingerprint density at radius 2 is 1.96 bits per heavy atom. The minimum Gasteiger partial charge on any atom is -0.468 e. The average Bonchev–Trinajstić information content (AvgIpc) is 2.50. The van der Waals surface area contributed by atoms with Gasteiger partial charge in [-0.05, 0) is 39.7 Å². The van der Waals surface area contributed by atoms with E-state index in [1.807, 2.05) is 51.1 Å². The van der Waals surface area contributed by atoms with E-state index in [2.05, 4.69) is 17.6 Å². The quantitative estimate of drug-likeness (QED) is 0.445. The Balaban J connectivity index is 2.83. The second-order valence-corrected chi connectivity index (χ2v) is 6.17. The molecule has 0 heterocycles. The molecule has 1 unspecified atom stereocenters. The Labute approximate surface area is 139 Å². The van der Waals surface area contributed by atoms with Gasteiger partial charge in [0.1, 0.15) is 5.60 Å². The van der Waals surface area contributed by atoms with Crippen LogP contribution >= 0.6 is 0 Å². The zero-order valence-corrected chi connectivity index (χ0v) is 14.5. The lowest BCUT2D eigenvalue weighted by Gasteiger charge is -2.26. The van der Waals surface area contributed by atoms with E-state index < -0.39 is 0 Å². The number of rotatable bonds is 8. The van der Waals surface area contributed by atoms with Crippen molar-refractivity contribution in [2.24, 2.45) is 0 Å². The molecule has 0 fully saturated rings. The molecule has 0 saturated carbocycles. The van der Waals surface area contributed by atoms with E-state index in [0.717, 1.165) is 5.56 Å². The third-order valence-corrected chi connectivity index (χ3v) is 3.02. The molecular weight excluding hydrogens is 290 g/mol. The first-order chi connectivity index (χ1) is 10.9. The number of benzene rings is 1. The van der Waals surface area contributed by atoms with Gasteiger partial charge in [0.05, 0.1) is 12.6 Å². The summed E-state index contributed by atoms with van der Waals surface area (Å²) >= 11 is 0. The number of nitrogens with one attached hydrogen (secondary N) is 1. The highest BCUT2D eigenvalue weighted by molar-refractivity contribution is 5.69. The number of hydrogen-bond acceptors (Lipinski definition) is 4. The molecule has 23 heavy (non-hydrogen) atoms. The van der Waals surface area contributed by atoms with E-state index >= 15 is 0 Å². The Kier molecular flexibility index (Phi) is 7.43. The highest BCUT2D eigenvalue weighted by Gasteiger charge is 2.19. The van der Waals surface area contributed by atoms with E-state index in [0.29, 0.717) is 25.3 Å². The van der Waals surface area contributed by atoms with Crippen LogP contribution in [0.5, 0.6) is 0 Å². The normalized spacial score (nSPS) is 12.0. The number of ether oxygens (including phenoxy) is 2. The number of carbonyl (C=O) groups excluding carboxylic acids is 1. The smallest absolute Gasteiger partial charge is 0.305 e. The maximum atomic E-state index is 11.6. The summed E-state index contributed by atoms with van der Waals surface area (Å²) in [5.74, 6) is 0.284. The van der Waals surface area contributed by atoms with E-state index in [9.17, 15) is 4.79 Å². The first kappa shape index (κ1) is 18.9. The minimum absolute atomic E-state index is 0.0767. The van der Waals surface area contributed by atoms with Gasteiger partial charge in [0, 0.05) is 6.42 Å². The molecule has 0 aliphatic heterocycles. The van der Waals surface area contributed by atoms with Gasteiger partial charge in [0.25, 0.3) is 0 Å². The second-order valence-electron chi connectivity index (χ2n) is 6.17. The fraction of sp³-hybridized carbons (Fsp3) is 0.474. The van der Waals surface area contributed by atoms with Crippen molar-refractivity contribution in [3.63, 3.8) is 0 Å². The van der Waals surface area contributed by atoms with E-state index in [1.165, 1.54) is 0 Å². The molecule has 0 spiro atoms. The van der Waals surface area contributed by atoms with E-state index in [1.54, 1.807) is 6.92 Å². The fourth-order valence-corrected chi connectivity index (χ4v) is 2.08. The molecule has 0 saturated heterocycles. The summed E-state index contributed by atoms with van der Waals surface area (Å²) in [5.41, 5.74) is 3.51. The van der Waals surface area contributed by atoms with Crippen LogP contribution in [0.1, 0.15) is 52.1 Å². The van der Waals surface area contributed by atoms with Crippen molar-refractivity contribution >= 4 is 5.97 Å². The Bertz CT molecular complexity index is 539. The van der Waals surface area contributed by atoms with Crippen molar-refractivity contribution in [1.82, 2.24) is 5.32 Å². The molecule has 0 amide bonds. The molecule has 126 valence electrons. The Morgan fingerprint density at radius 1 is 1.30 bits per heavy atom. The third-order valence-electron chi connectivity index (χ3n) is 3.02. The second kappa shape index (κ2) is 9.06. The van der Waals surface area contributed by atoms with E-state index in [-0.39, 0.29) is 17.6 Å². The first-order valence-corrected chi connectivity index (χ1v) is 7.92. The summed E-state index contributed by atoms with van der Waals surface area (Å²) in [6.07, 6.45) is 0.932. The van der Waals surface area contributed by atoms with Crippen LogP contribution < -0.4 is 5.32 Å². The number of hydrogen-bond donors (Lipinski definition) is 1. The molecule has 4 nitrogen and oxygen atoms in total. The van der Waals surface area contributed by atoms with Crippen LogP contribution in [-0.2, 0) is 14.3 Å². The number of esters is 1. The molecule has 1 N–H and O–H groups in total. The molecule has 0 aliphatic carbocycles. The molecule has 1 aromatic rings. The van der Waals surface area contributed by atoms with Crippen molar-refractivity contribution in [2.45, 2.75) is 52.2 Å². The van der Waals surface area contributed by atoms with Crippen molar-refractivity contribution in [3.8, 4) is 0 Å². The van der Waals surface area contributed by atoms with E-state index in [4.69, 9.17) is 9.47 Å². The predicted molar refractivity (Wildman–Crippen MR) is 91.7 cm³/mol. The SMILES string of the molecule is C=C=C(NC(CCC(=O)OCC)c1ccccc1)OC(C)(C)C. The molecule has 4 heteroatoms. The summed E-state index contributed by atoms with van der Waals surface area (Å²) in [4.78, 5) is 11.6. The van der Waals surface area contributed by atoms with Crippen LogP contribution in [-0.4, -0.2) is 18.2 Å². The highest BCUT2D eigenvalue weighted by atomic mass is 16.5. The third kappa shape index (κ3) is 7.57. The van der Waals surface area contributed by atoms with Crippen LogP contribution in [0.4, 0.5) is 0 Å². The van der Waals surface area contributed by atoms with Gasteiger partial charge in [-0.1, -0.05) is 42.6 Å². The topological polar surface area (TPSA) is 47.6 Å². The standard InChI is InChI=1S/C19H27NO3/c1-6-17(23-19(3,4)5)20-16(13-14-18(21)22-7-2)15-11-9-8-10-12-15/h8-12,16,20H,1,7,13-14H2,2-5H3. The molecular formula is C19H27NO3. The monoisotopic (exact) mass is 317 g/mol. The van der Waals surface area contributed by atoms with Crippen LogP contribution in [0.3, 0.4) is 0 Å². The van der Waals surface area contributed by atoms with Crippen LogP contribution in [0.2, 0.25) is 0 Å². The van der Waals surface area contributed by atoms with Crippen molar-refractivity contribution in [2.75, 3.05) is 6.61 Å². The molecule has 0 bridgehead atoms. The van der Waals surface area contributed by atoms with Crippen LogP contribution in [0.15, 0.2) is 48.5 Å². The zero-order valence-electron chi connectivity index (χ0n) is 14.5. The molecule has 1 rings (SSSR count). The first-order valence-electron chi connectivity index (χ1n) is 7.92. The summed E-state index contributed by atoms with van der Waals surface area (Å²) in [6.45, 7) is 11.8. The van der Waals surface area contributed by atoms with Gasteiger partial charge in [-0.2, -0.15) is 0 Å². The van der Waals surface area contributed by atoms with Crippen molar-refractivity contribution in [1.29, 1.82) is 0 Å². The summed E-state index contributed by atoms with van der Waals surface area (Å²) in [5, 5.41) is 3.29. The predicted octanol–water partition coefficient (Wildman–Crippen LogP) is 4.10. The van der Waals surface area contributed by atoms with Gasteiger partial charge in [-0.3, -0.25) is 4.79 Å². The number of carbonyl (C=O) groups is 1. The molecule has 1 atom stereocenters. The van der Waals surface area contributed by atoms with Crippen LogP contribution in [0.25, 0.3) is 0 Å². The lowest BCUT2D eigenvalue weighted by Crippen LogP contribution is -2.28. The molecule has 0 radical (unpaired) electrons. The average molecular weight is 317 g/mol. The largest absolute Gasteiger partial charge is 0.468 e. The van der Waals surface area contributed by atoms with Gasteiger partial charge < -0.3 is 14.8 Å². The fourth-order valence-electron chi connectivity index (χ4n) is 2.08. The summed E-state index contributed by atoms with van der Waals surface area (Å²) in [7, 11) is 0. The van der Waals surface area contributed by atoms with Crippen molar-refractivity contribution in [3.05, 3.63) is 54.1 Å². The highest BCUT2D eigenvalue weighted by Crippen LogP contribution is 2.22. The Morgan fingerprint density at radius 3 is 2.48 bits per heavy atom. The summed E-state index contributed by atoms with van der Waals surface area (Å²) in [6, 6.07) is 9.85. The maximum Gasteiger partial charge on any atom is 0.305 e. The van der Waals surface area contributed by atoms with Gasteiger partial charge >= 0.3 is 5.97 Å². The van der Waals surface area contributed by atoms with Crippen molar-refractivity contribution < 1.29 is 14.3 Å². The molecule has 0 aromatic heterocycles. The summed E-state index contributed by atoms with van der Waals surface area (Å²) < 4.78 is 10.8.